The zero-order valence-electron chi connectivity index (χ0n) is 10.9. The number of hydrogen-bond acceptors (Lipinski definition) is 3. The van der Waals surface area contributed by atoms with Gasteiger partial charge < -0.3 is 10.6 Å². The van der Waals surface area contributed by atoms with Crippen LogP contribution in [0, 0.1) is 5.92 Å². The minimum Gasteiger partial charge on any atom is -0.357 e. The van der Waals surface area contributed by atoms with E-state index in [9.17, 15) is 0 Å². The fourth-order valence-electron chi connectivity index (χ4n) is 2.09. The summed E-state index contributed by atoms with van der Waals surface area (Å²) in [5.41, 5.74) is 8.10. The summed E-state index contributed by atoms with van der Waals surface area (Å²) in [6.45, 7) is 7.12. The number of aryl methyl sites for hydroxylation is 1. The van der Waals surface area contributed by atoms with Crippen molar-refractivity contribution in [1.29, 1.82) is 0 Å². The molecule has 0 aromatic carbocycles. The molecule has 3 heteroatoms. The molecule has 1 heterocycles. The highest BCUT2D eigenvalue weighted by molar-refractivity contribution is 5.43. The van der Waals surface area contributed by atoms with Gasteiger partial charge in [0.25, 0.3) is 0 Å². The second-order valence-electron chi connectivity index (χ2n) is 4.86. The topological polar surface area (TPSA) is 42.1 Å². The van der Waals surface area contributed by atoms with Gasteiger partial charge in [0.1, 0.15) is 5.82 Å². The zero-order chi connectivity index (χ0) is 12.3. The van der Waals surface area contributed by atoms with Crippen LogP contribution in [0.2, 0.25) is 0 Å². The van der Waals surface area contributed by atoms with Gasteiger partial charge >= 0.3 is 0 Å². The molecule has 0 spiro atoms. The van der Waals surface area contributed by atoms with Crippen molar-refractivity contribution in [3.05, 3.63) is 23.4 Å². The molecule has 1 aromatic heterocycles. The Morgan fingerprint density at radius 1 is 1.35 bits per heavy atom. The highest BCUT2D eigenvalue weighted by Crippen LogP contribution is 2.31. The number of nitrogens with two attached hydrogens (primary N) is 1. The first kappa shape index (κ1) is 12.4. The summed E-state index contributed by atoms with van der Waals surface area (Å²) in [6, 6.07) is 4.26. The van der Waals surface area contributed by atoms with E-state index in [2.05, 4.69) is 30.9 Å². The van der Waals surface area contributed by atoms with E-state index in [0.29, 0.717) is 6.54 Å². The van der Waals surface area contributed by atoms with Crippen molar-refractivity contribution >= 4 is 5.82 Å². The van der Waals surface area contributed by atoms with E-state index >= 15 is 0 Å². The minimum absolute atomic E-state index is 0.601. The number of rotatable bonds is 6. The van der Waals surface area contributed by atoms with E-state index in [4.69, 9.17) is 10.7 Å². The van der Waals surface area contributed by atoms with Gasteiger partial charge in [0.05, 0.1) is 0 Å². The fourth-order valence-corrected chi connectivity index (χ4v) is 2.09. The Hall–Kier alpha value is -1.09. The molecule has 94 valence electrons. The quantitative estimate of drug-likeness (QED) is 0.820. The number of pyridine rings is 1. The van der Waals surface area contributed by atoms with Gasteiger partial charge in [0.15, 0.2) is 0 Å². The lowest BCUT2D eigenvalue weighted by molar-refractivity contribution is 0.728. The molecule has 17 heavy (non-hydrogen) atoms. The fraction of sp³-hybridized carbons (Fsp3) is 0.643. The summed E-state index contributed by atoms with van der Waals surface area (Å²) in [4.78, 5) is 7.11. The second-order valence-corrected chi connectivity index (χ2v) is 4.86. The normalized spacial score (nSPS) is 15.0. The lowest BCUT2D eigenvalue weighted by Gasteiger charge is -2.23. The molecule has 0 unspecified atom stereocenters. The Bertz CT molecular complexity index is 349. The standard InChI is InChI=1S/C14H23N3/c1-3-13-7-12(9-15)8-14(16-13)17(4-2)10-11-5-6-11/h7-8,11H,3-6,9-10,15H2,1-2H3. The molecular weight excluding hydrogens is 210 g/mol. The molecule has 1 fully saturated rings. The van der Waals surface area contributed by atoms with Gasteiger partial charge in [0.2, 0.25) is 0 Å². The van der Waals surface area contributed by atoms with Crippen molar-refractivity contribution in [1.82, 2.24) is 4.98 Å². The summed E-state index contributed by atoms with van der Waals surface area (Å²) >= 11 is 0. The van der Waals surface area contributed by atoms with Crippen molar-refractivity contribution in [2.45, 2.75) is 39.7 Å². The van der Waals surface area contributed by atoms with E-state index in [1.54, 1.807) is 0 Å². The van der Waals surface area contributed by atoms with E-state index in [-0.39, 0.29) is 0 Å². The van der Waals surface area contributed by atoms with Crippen LogP contribution in [0.25, 0.3) is 0 Å². The Kier molecular flexibility index (Phi) is 4.00. The summed E-state index contributed by atoms with van der Waals surface area (Å²) in [7, 11) is 0. The molecule has 1 saturated carbocycles. The largest absolute Gasteiger partial charge is 0.357 e. The molecule has 2 rings (SSSR count). The number of anilines is 1. The SMILES string of the molecule is CCc1cc(CN)cc(N(CC)CC2CC2)n1. The molecule has 1 aliphatic rings. The van der Waals surface area contributed by atoms with Gasteiger partial charge in [-0.3, -0.25) is 0 Å². The van der Waals surface area contributed by atoms with E-state index < -0.39 is 0 Å². The van der Waals surface area contributed by atoms with Crippen LogP contribution in [0.3, 0.4) is 0 Å². The lowest BCUT2D eigenvalue weighted by atomic mass is 10.2. The molecule has 1 aromatic rings. The van der Waals surface area contributed by atoms with E-state index in [1.165, 1.54) is 18.4 Å². The van der Waals surface area contributed by atoms with Crippen molar-refractivity contribution in [2.24, 2.45) is 11.7 Å². The molecule has 0 radical (unpaired) electrons. The van der Waals surface area contributed by atoms with Crippen LogP contribution in [-0.2, 0) is 13.0 Å². The van der Waals surface area contributed by atoms with Crippen LogP contribution >= 0.6 is 0 Å². The van der Waals surface area contributed by atoms with Crippen LogP contribution in [0.5, 0.6) is 0 Å². The molecule has 0 bridgehead atoms. The minimum atomic E-state index is 0.601. The Labute approximate surface area is 104 Å². The first-order valence-corrected chi connectivity index (χ1v) is 6.71. The van der Waals surface area contributed by atoms with Crippen molar-refractivity contribution in [3.63, 3.8) is 0 Å². The molecule has 0 atom stereocenters. The number of hydrogen-bond donors (Lipinski definition) is 1. The van der Waals surface area contributed by atoms with Crippen LogP contribution in [0.15, 0.2) is 12.1 Å². The second kappa shape index (κ2) is 5.50. The third-order valence-electron chi connectivity index (χ3n) is 3.40. The molecule has 3 nitrogen and oxygen atoms in total. The number of aromatic nitrogens is 1. The monoisotopic (exact) mass is 233 g/mol. The smallest absolute Gasteiger partial charge is 0.129 e. The highest BCUT2D eigenvalue weighted by atomic mass is 15.2. The maximum Gasteiger partial charge on any atom is 0.129 e. The van der Waals surface area contributed by atoms with Crippen LogP contribution in [0.4, 0.5) is 5.82 Å². The van der Waals surface area contributed by atoms with Crippen molar-refractivity contribution < 1.29 is 0 Å². The third-order valence-corrected chi connectivity index (χ3v) is 3.40. The maximum atomic E-state index is 5.75. The van der Waals surface area contributed by atoms with Gasteiger partial charge in [-0.1, -0.05) is 6.92 Å². The molecule has 0 saturated heterocycles. The zero-order valence-corrected chi connectivity index (χ0v) is 10.9. The summed E-state index contributed by atoms with van der Waals surface area (Å²) in [6.07, 6.45) is 3.74. The van der Waals surface area contributed by atoms with Gasteiger partial charge in [-0.05, 0) is 49.8 Å². The predicted molar refractivity (Wildman–Crippen MR) is 72.1 cm³/mol. The molecule has 1 aliphatic carbocycles. The van der Waals surface area contributed by atoms with E-state index in [1.807, 2.05) is 0 Å². The Balaban J connectivity index is 2.20. The van der Waals surface area contributed by atoms with Gasteiger partial charge in [-0.15, -0.1) is 0 Å². The summed E-state index contributed by atoms with van der Waals surface area (Å²) < 4.78 is 0. The van der Waals surface area contributed by atoms with Gasteiger partial charge in [0, 0.05) is 25.3 Å². The predicted octanol–water partition coefficient (Wildman–Crippen LogP) is 2.34. The third kappa shape index (κ3) is 3.19. The van der Waals surface area contributed by atoms with E-state index in [0.717, 1.165) is 36.9 Å². The average Bonchev–Trinajstić information content (AvgIpc) is 3.19. The van der Waals surface area contributed by atoms with Crippen LogP contribution in [-0.4, -0.2) is 18.1 Å². The van der Waals surface area contributed by atoms with Crippen LogP contribution in [0.1, 0.15) is 37.9 Å². The molecular formula is C14H23N3. The highest BCUT2D eigenvalue weighted by Gasteiger charge is 2.24. The van der Waals surface area contributed by atoms with Gasteiger partial charge in [-0.25, -0.2) is 4.98 Å². The Morgan fingerprint density at radius 2 is 2.12 bits per heavy atom. The Morgan fingerprint density at radius 3 is 2.65 bits per heavy atom. The average molecular weight is 233 g/mol. The van der Waals surface area contributed by atoms with Crippen molar-refractivity contribution in [3.8, 4) is 0 Å². The summed E-state index contributed by atoms with van der Waals surface area (Å²) in [5.74, 6) is 2.00. The van der Waals surface area contributed by atoms with Crippen LogP contribution < -0.4 is 10.6 Å². The first-order valence-electron chi connectivity index (χ1n) is 6.71. The first-order chi connectivity index (χ1) is 8.26. The summed E-state index contributed by atoms with van der Waals surface area (Å²) in [5, 5.41) is 0. The van der Waals surface area contributed by atoms with Crippen molar-refractivity contribution in [2.75, 3.05) is 18.0 Å². The molecule has 0 amide bonds. The lowest BCUT2D eigenvalue weighted by Crippen LogP contribution is -2.26. The molecule has 0 aliphatic heterocycles. The maximum absolute atomic E-state index is 5.75. The van der Waals surface area contributed by atoms with Gasteiger partial charge in [-0.2, -0.15) is 0 Å². The number of nitrogens with zero attached hydrogens (tertiary/aromatic N) is 2. The molecule has 2 N–H and O–H groups in total.